The van der Waals surface area contributed by atoms with Gasteiger partial charge in [-0.3, -0.25) is 19.9 Å². The fraction of sp³-hybridized carbons (Fsp3) is 0.789. The van der Waals surface area contributed by atoms with Crippen molar-refractivity contribution in [1.29, 1.82) is 0 Å². The van der Waals surface area contributed by atoms with E-state index in [9.17, 15) is 9.59 Å². The highest BCUT2D eigenvalue weighted by molar-refractivity contribution is 6.22. The minimum absolute atomic E-state index is 0.0144. The number of carbonyl (C=O) groups is 2. The highest BCUT2D eigenvalue weighted by atomic mass is 16.6. The zero-order chi connectivity index (χ0) is 16.8. The van der Waals surface area contributed by atoms with Gasteiger partial charge in [-0.2, -0.15) is 0 Å². The molecule has 0 atom stereocenters. The van der Waals surface area contributed by atoms with Crippen molar-refractivity contribution in [2.45, 2.75) is 72.1 Å². The van der Waals surface area contributed by atoms with Crippen LogP contribution in [0.3, 0.4) is 0 Å². The Balaban J connectivity index is 2.08. The Hall–Kier alpha value is -1.16. The number of nitrogens with one attached hydrogen (secondary N) is 1. The van der Waals surface area contributed by atoms with Gasteiger partial charge in [0.2, 0.25) is 0 Å². The smallest absolute Gasteiger partial charge is 0.168 e. The summed E-state index contributed by atoms with van der Waals surface area (Å²) in [6.45, 7) is 6.72. The summed E-state index contributed by atoms with van der Waals surface area (Å²) in [4.78, 5) is 30.5. The minimum atomic E-state index is 0.0144. The summed E-state index contributed by atoms with van der Waals surface area (Å²) in [5, 5.41) is 0. The molecule has 0 aliphatic heterocycles. The Kier molecular flexibility index (Phi) is 6.82. The summed E-state index contributed by atoms with van der Waals surface area (Å²) in [5.41, 5.74) is 3.90. The number of allylic oxidation sites excluding steroid dienone is 2. The molecule has 2 rings (SSSR count). The quantitative estimate of drug-likeness (QED) is 0.457. The second kappa shape index (κ2) is 8.62. The first kappa shape index (κ1) is 18.2. The molecule has 0 unspecified atom stereocenters. The minimum Gasteiger partial charge on any atom is -0.294 e. The number of hydrogen-bond donors (Lipinski definition) is 1. The Morgan fingerprint density at radius 3 is 2.17 bits per heavy atom. The van der Waals surface area contributed by atoms with Gasteiger partial charge >= 0.3 is 0 Å². The third-order valence-electron chi connectivity index (χ3n) is 5.32. The van der Waals surface area contributed by atoms with E-state index >= 15 is 0 Å². The molecule has 0 bridgehead atoms. The standard InChI is InChI=1S/C19H31NO3/c1-4-6-16(20-23-5-2)19-17(21)11-15(12-18(19)22)14-9-7-13(3)8-10-14/h13-15,20H,4-12H2,1-3H3. The van der Waals surface area contributed by atoms with Crippen molar-refractivity contribution in [1.82, 2.24) is 5.48 Å². The molecule has 2 aliphatic rings. The third-order valence-corrected chi connectivity index (χ3v) is 5.32. The number of ketones is 2. The lowest BCUT2D eigenvalue weighted by Crippen LogP contribution is -2.34. The SMILES string of the molecule is CCCC(NOCC)=C1C(=O)CC(C2CCC(C)CC2)CC1=O. The Labute approximate surface area is 140 Å². The van der Waals surface area contributed by atoms with Gasteiger partial charge < -0.3 is 0 Å². The highest BCUT2D eigenvalue weighted by Crippen LogP contribution is 2.39. The Morgan fingerprint density at radius 2 is 1.65 bits per heavy atom. The van der Waals surface area contributed by atoms with Crippen molar-refractivity contribution >= 4 is 11.6 Å². The van der Waals surface area contributed by atoms with Crippen LogP contribution in [0.4, 0.5) is 0 Å². The molecule has 4 nitrogen and oxygen atoms in total. The molecule has 0 amide bonds. The van der Waals surface area contributed by atoms with Crippen molar-refractivity contribution in [3.63, 3.8) is 0 Å². The lowest BCUT2D eigenvalue weighted by molar-refractivity contribution is -0.126. The van der Waals surface area contributed by atoms with Gasteiger partial charge in [0.1, 0.15) is 0 Å². The van der Waals surface area contributed by atoms with Gasteiger partial charge in [-0.1, -0.05) is 33.1 Å². The van der Waals surface area contributed by atoms with Gasteiger partial charge in [-0.05, 0) is 43.9 Å². The van der Waals surface area contributed by atoms with E-state index in [-0.39, 0.29) is 17.5 Å². The van der Waals surface area contributed by atoms with E-state index in [2.05, 4.69) is 12.4 Å². The van der Waals surface area contributed by atoms with E-state index in [1.54, 1.807) is 0 Å². The molecule has 0 aromatic carbocycles. The number of Topliss-reactive ketones (excluding diaryl/α,β-unsaturated/α-hetero) is 2. The van der Waals surface area contributed by atoms with Crippen molar-refractivity contribution in [3.8, 4) is 0 Å². The van der Waals surface area contributed by atoms with Crippen LogP contribution in [0.5, 0.6) is 0 Å². The van der Waals surface area contributed by atoms with Crippen molar-refractivity contribution in [3.05, 3.63) is 11.3 Å². The molecule has 0 radical (unpaired) electrons. The van der Waals surface area contributed by atoms with Crippen LogP contribution in [0.15, 0.2) is 11.3 Å². The molecular formula is C19H31NO3. The van der Waals surface area contributed by atoms with Crippen LogP contribution >= 0.6 is 0 Å². The van der Waals surface area contributed by atoms with E-state index in [1.807, 2.05) is 13.8 Å². The van der Waals surface area contributed by atoms with Crippen molar-refractivity contribution in [2.75, 3.05) is 6.61 Å². The van der Waals surface area contributed by atoms with Crippen LogP contribution in [-0.4, -0.2) is 18.2 Å². The molecule has 1 N–H and O–H groups in total. The van der Waals surface area contributed by atoms with E-state index in [4.69, 9.17) is 4.84 Å². The van der Waals surface area contributed by atoms with Crippen LogP contribution in [-0.2, 0) is 14.4 Å². The zero-order valence-corrected chi connectivity index (χ0v) is 14.8. The average Bonchev–Trinajstić information content (AvgIpc) is 2.52. The molecule has 0 spiro atoms. The van der Waals surface area contributed by atoms with Crippen LogP contribution < -0.4 is 5.48 Å². The molecule has 130 valence electrons. The molecule has 2 fully saturated rings. The molecule has 0 saturated heterocycles. The van der Waals surface area contributed by atoms with E-state index in [1.165, 1.54) is 25.7 Å². The summed E-state index contributed by atoms with van der Waals surface area (Å²) in [7, 11) is 0. The summed E-state index contributed by atoms with van der Waals surface area (Å²) in [6.07, 6.45) is 7.43. The van der Waals surface area contributed by atoms with Crippen LogP contribution in [0.25, 0.3) is 0 Å². The largest absolute Gasteiger partial charge is 0.294 e. The lowest BCUT2D eigenvalue weighted by Gasteiger charge is -2.34. The normalized spacial score (nSPS) is 28.8. The number of hydrogen-bond acceptors (Lipinski definition) is 4. The predicted octanol–water partition coefficient (Wildman–Crippen LogP) is 3.96. The molecular weight excluding hydrogens is 290 g/mol. The lowest BCUT2D eigenvalue weighted by atomic mass is 9.69. The van der Waals surface area contributed by atoms with Gasteiger partial charge in [-0.15, -0.1) is 0 Å². The highest BCUT2D eigenvalue weighted by Gasteiger charge is 2.37. The summed E-state index contributed by atoms with van der Waals surface area (Å²) >= 11 is 0. The van der Waals surface area contributed by atoms with E-state index in [0.717, 1.165) is 12.3 Å². The number of carbonyl (C=O) groups excluding carboxylic acids is 2. The monoisotopic (exact) mass is 321 g/mol. The topological polar surface area (TPSA) is 55.4 Å². The molecule has 23 heavy (non-hydrogen) atoms. The maximum absolute atomic E-state index is 12.6. The van der Waals surface area contributed by atoms with Crippen molar-refractivity contribution in [2.24, 2.45) is 17.8 Å². The third kappa shape index (κ3) is 4.66. The van der Waals surface area contributed by atoms with Gasteiger partial charge in [0.15, 0.2) is 11.6 Å². The van der Waals surface area contributed by atoms with Gasteiger partial charge in [0.05, 0.1) is 17.9 Å². The fourth-order valence-corrected chi connectivity index (χ4v) is 3.97. The molecule has 2 aliphatic carbocycles. The fourth-order valence-electron chi connectivity index (χ4n) is 3.97. The van der Waals surface area contributed by atoms with Crippen LogP contribution in [0.1, 0.15) is 72.1 Å². The van der Waals surface area contributed by atoms with Crippen molar-refractivity contribution < 1.29 is 14.4 Å². The molecule has 2 saturated carbocycles. The maximum atomic E-state index is 12.6. The first-order valence-electron chi connectivity index (χ1n) is 9.24. The Bertz CT molecular complexity index is 441. The zero-order valence-electron chi connectivity index (χ0n) is 14.8. The molecule has 0 heterocycles. The second-order valence-corrected chi connectivity index (χ2v) is 7.17. The molecule has 0 aromatic heterocycles. The second-order valence-electron chi connectivity index (χ2n) is 7.17. The number of hydroxylamine groups is 1. The first-order valence-corrected chi connectivity index (χ1v) is 9.24. The van der Waals surface area contributed by atoms with Crippen LogP contribution in [0, 0.1) is 17.8 Å². The first-order chi connectivity index (χ1) is 11.1. The average molecular weight is 321 g/mol. The van der Waals surface area contributed by atoms with E-state index in [0.29, 0.717) is 43.1 Å². The molecule has 0 aromatic rings. The van der Waals surface area contributed by atoms with Gasteiger partial charge in [0.25, 0.3) is 0 Å². The van der Waals surface area contributed by atoms with Crippen LogP contribution in [0.2, 0.25) is 0 Å². The van der Waals surface area contributed by atoms with E-state index < -0.39 is 0 Å². The summed E-state index contributed by atoms with van der Waals surface area (Å²) in [5.74, 6) is 1.63. The summed E-state index contributed by atoms with van der Waals surface area (Å²) in [6, 6.07) is 0. The molecule has 4 heteroatoms. The van der Waals surface area contributed by atoms with Gasteiger partial charge in [-0.25, -0.2) is 0 Å². The number of rotatable bonds is 6. The van der Waals surface area contributed by atoms with Gasteiger partial charge in [0, 0.05) is 12.8 Å². The predicted molar refractivity (Wildman–Crippen MR) is 90.6 cm³/mol. The summed E-state index contributed by atoms with van der Waals surface area (Å²) < 4.78 is 0. The Morgan fingerprint density at radius 1 is 1.04 bits per heavy atom. The maximum Gasteiger partial charge on any atom is 0.168 e.